The third-order valence-corrected chi connectivity index (χ3v) is 3.40. The second-order valence-electron chi connectivity index (χ2n) is 4.27. The molecular weight excluding hydrogens is 352 g/mol. The van der Waals surface area contributed by atoms with Gasteiger partial charge in [-0.25, -0.2) is 5.43 Å². The highest BCUT2D eigenvalue weighted by Gasteiger charge is 2.09. The Morgan fingerprint density at radius 1 is 1.32 bits per heavy atom. The average molecular weight is 365 g/mol. The van der Waals surface area contributed by atoms with E-state index in [1.807, 2.05) is 0 Å². The molecule has 0 unspecified atom stereocenters. The Hall–Kier alpha value is -2.54. The minimum atomic E-state index is -0.529. The van der Waals surface area contributed by atoms with E-state index < -0.39 is 5.91 Å². The monoisotopic (exact) mass is 364 g/mol. The number of carbonyl (C=O) groups is 1. The quantitative estimate of drug-likeness (QED) is 0.574. The van der Waals surface area contributed by atoms with Crippen LogP contribution >= 0.6 is 15.9 Å². The van der Waals surface area contributed by atoms with E-state index in [9.17, 15) is 15.0 Å². The zero-order valence-corrected chi connectivity index (χ0v) is 13.2. The highest BCUT2D eigenvalue weighted by Crippen LogP contribution is 2.34. The van der Waals surface area contributed by atoms with Crippen LogP contribution in [0.4, 0.5) is 0 Å². The molecule has 3 N–H and O–H groups in total. The van der Waals surface area contributed by atoms with Crippen molar-refractivity contribution in [1.29, 1.82) is 0 Å². The van der Waals surface area contributed by atoms with Crippen molar-refractivity contribution in [2.75, 3.05) is 7.11 Å². The third-order valence-electron chi connectivity index (χ3n) is 2.80. The number of phenols is 2. The molecule has 2 rings (SSSR count). The van der Waals surface area contributed by atoms with Crippen LogP contribution in [0.15, 0.2) is 46.0 Å². The molecule has 0 aliphatic heterocycles. The molecule has 7 heteroatoms. The Kier molecular flexibility index (Phi) is 5.00. The van der Waals surface area contributed by atoms with Crippen LogP contribution in [0.1, 0.15) is 15.9 Å². The number of nitrogens with zero attached hydrogens (tertiary/aromatic N) is 1. The lowest BCUT2D eigenvalue weighted by Gasteiger charge is -2.06. The summed E-state index contributed by atoms with van der Waals surface area (Å²) >= 11 is 3.19. The minimum absolute atomic E-state index is 0.0158. The first-order valence-electron chi connectivity index (χ1n) is 6.21. The molecule has 0 aromatic heterocycles. The van der Waals surface area contributed by atoms with Gasteiger partial charge in [-0.15, -0.1) is 0 Å². The highest BCUT2D eigenvalue weighted by atomic mass is 79.9. The number of hydrogen-bond acceptors (Lipinski definition) is 5. The fourth-order valence-electron chi connectivity index (χ4n) is 1.72. The molecule has 22 heavy (non-hydrogen) atoms. The molecule has 0 aliphatic rings. The summed E-state index contributed by atoms with van der Waals surface area (Å²) in [6.07, 6.45) is 1.39. The van der Waals surface area contributed by atoms with Gasteiger partial charge in [0.25, 0.3) is 5.91 Å². The van der Waals surface area contributed by atoms with Gasteiger partial charge in [0.1, 0.15) is 5.75 Å². The van der Waals surface area contributed by atoms with Gasteiger partial charge < -0.3 is 14.9 Å². The molecule has 0 aliphatic carbocycles. The van der Waals surface area contributed by atoms with Gasteiger partial charge in [-0.3, -0.25) is 4.79 Å². The number of halogens is 1. The van der Waals surface area contributed by atoms with Crippen LogP contribution < -0.4 is 10.2 Å². The van der Waals surface area contributed by atoms with Crippen molar-refractivity contribution in [3.8, 4) is 17.2 Å². The Morgan fingerprint density at radius 2 is 2.05 bits per heavy atom. The summed E-state index contributed by atoms with van der Waals surface area (Å²) < 4.78 is 5.46. The maximum Gasteiger partial charge on any atom is 0.275 e. The van der Waals surface area contributed by atoms with E-state index >= 15 is 0 Å². The van der Waals surface area contributed by atoms with Gasteiger partial charge in [-0.1, -0.05) is 12.1 Å². The van der Waals surface area contributed by atoms with Crippen LogP contribution in [-0.2, 0) is 0 Å². The van der Waals surface area contributed by atoms with Crippen LogP contribution in [0, 0.1) is 0 Å². The van der Waals surface area contributed by atoms with Crippen molar-refractivity contribution in [3.05, 3.63) is 52.0 Å². The standard InChI is InChI=1S/C15H13BrN2O4/c1-22-13-7-9(6-11(16)14(13)20)8-17-18-15(21)10-4-2-3-5-12(10)19/h2-8,19-20H,1H3,(H,18,21)/b17-8+. The van der Waals surface area contributed by atoms with Gasteiger partial charge in [0, 0.05) is 0 Å². The van der Waals surface area contributed by atoms with Crippen LogP contribution in [0.5, 0.6) is 17.2 Å². The first kappa shape index (κ1) is 15.8. The van der Waals surface area contributed by atoms with Gasteiger partial charge in [0.2, 0.25) is 0 Å². The summed E-state index contributed by atoms with van der Waals surface area (Å²) in [5.41, 5.74) is 3.05. The van der Waals surface area contributed by atoms with Crippen LogP contribution in [0.3, 0.4) is 0 Å². The summed E-state index contributed by atoms with van der Waals surface area (Å²) in [6, 6.07) is 9.35. The number of benzene rings is 2. The molecule has 114 valence electrons. The van der Waals surface area contributed by atoms with Gasteiger partial charge in [-0.2, -0.15) is 5.10 Å². The van der Waals surface area contributed by atoms with E-state index in [1.54, 1.807) is 24.3 Å². The number of nitrogens with one attached hydrogen (secondary N) is 1. The van der Waals surface area contributed by atoms with Gasteiger partial charge in [-0.05, 0) is 45.8 Å². The molecule has 0 bridgehead atoms. The van der Waals surface area contributed by atoms with Crippen molar-refractivity contribution in [3.63, 3.8) is 0 Å². The molecular formula is C15H13BrN2O4. The first-order valence-corrected chi connectivity index (χ1v) is 7.00. The topological polar surface area (TPSA) is 91.2 Å². The van der Waals surface area contributed by atoms with E-state index in [2.05, 4.69) is 26.5 Å². The molecule has 0 atom stereocenters. The number of carbonyl (C=O) groups excluding carboxylic acids is 1. The van der Waals surface area contributed by atoms with E-state index in [1.165, 1.54) is 25.5 Å². The van der Waals surface area contributed by atoms with Crippen molar-refractivity contribution >= 4 is 28.1 Å². The maximum atomic E-state index is 11.8. The lowest BCUT2D eigenvalue weighted by atomic mass is 10.2. The number of methoxy groups -OCH3 is 1. The molecule has 6 nitrogen and oxygen atoms in total. The molecule has 0 saturated heterocycles. The summed E-state index contributed by atoms with van der Waals surface area (Å²) in [5, 5.41) is 23.1. The summed E-state index contributed by atoms with van der Waals surface area (Å²) in [7, 11) is 1.43. The molecule has 0 radical (unpaired) electrons. The Bertz CT molecular complexity index is 731. The number of aromatic hydroxyl groups is 2. The molecule has 1 amide bonds. The highest BCUT2D eigenvalue weighted by molar-refractivity contribution is 9.10. The fraction of sp³-hybridized carbons (Fsp3) is 0.0667. The van der Waals surface area contributed by atoms with Crippen LogP contribution in [0.25, 0.3) is 0 Å². The van der Waals surface area contributed by atoms with Gasteiger partial charge in [0.05, 0.1) is 23.4 Å². The van der Waals surface area contributed by atoms with Crippen LogP contribution in [0.2, 0.25) is 0 Å². The SMILES string of the molecule is COc1cc(/C=N/NC(=O)c2ccccc2O)cc(Br)c1O. The Morgan fingerprint density at radius 3 is 2.73 bits per heavy atom. The number of phenolic OH excluding ortho intramolecular Hbond substituents is 2. The largest absolute Gasteiger partial charge is 0.507 e. The van der Waals surface area contributed by atoms with Crippen LogP contribution in [-0.4, -0.2) is 29.4 Å². The number of rotatable bonds is 4. The lowest BCUT2D eigenvalue weighted by molar-refractivity contribution is 0.0952. The third kappa shape index (κ3) is 3.56. The van der Waals surface area contributed by atoms with Gasteiger partial charge >= 0.3 is 0 Å². The van der Waals surface area contributed by atoms with E-state index in [4.69, 9.17) is 4.74 Å². The second kappa shape index (κ2) is 6.95. The molecule has 2 aromatic rings. The zero-order valence-electron chi connectivity index (χ0n) is 11.6. The number of para-hydroxylation sites is 1. The predicted octanol–water partition coefficient (Wildman–Crippen LogP) is 2.63. The molecule has 0 fully saturated rings. The van der Waals surface area contributed by atoms with E-state index in [0.29, 0.717) is 10.0 Å². The maximum absolute atomic E-state index is 11.8. The number of amides is 1. The number of hydrogen-bond donors (Lipinski definition) is 3. The second-order valence-corrected chi connectivity index (χ2v) is 5.12. The van der Waals surface area contributed by atoms with Crippen molar-refractivity contribution in [2.45, 2.75) is 0 Å². The normalized spacial score (nSPS) is 10.6. The smallest absolute Gasteiger partial charge is 0.275 e. The van der Waals surface area contributed by atoms with E-state index in [-0.39, 0.29) is 22.8 Å². The van der Waals surface area contributed by atoms with Crippen molar-refractivity contribution in [2.24, 2.45) is 5.10 Å². The Labute approximate surface area is 135 Å². The summed E-state index contributed by atoms with van der Waals surface area (Å²) in [4.78, 5) is 11.8. The first-order chi connectivity index (χ1) is 10.5. The number of ether oxygens (including phenoxy) is 1. The zero-order chi connectivity index (χ0) is 16.1. The average Bonchev–Trinajstić information content (AvgIpc) is 2.50. The number of hydrazone groups is 1. The summed E-state index contributed by atoms with van der Waals surface area (Å²) in [6.45, 7) is 0. The molecule has 2 aromatic carbocycles. The fourth-order valence-corrected chi connectivity index (χ4v) is 2.17. The van der Waals surface area contributed by atoms with Gasteiger partial charge in [0.15, 0.2) is 11.5 Å². The summed E-state index contributed by atoms with van der Waals surface area (Å²) in [5.74, 6) is -0.385. The lowest BCUT2D eigenvalue weighted by Crippen LogP contribution is -2.17. The van der Waals surface area contributed by atoms with Crippen molar-refractivity contribution in [1.82, 2.24) is 5.43 Å². The van der Waals surface area contributed by atoms with Crippen molar-refractivity contribution < 1.29 is 19.7 Å². The molecule has 0 spiro atoms. The predicted molar refractivity (Wildman–Crippen MR) is 85.5 cm³/mol. The van der Waals surface area contributed by atoms with E-state index in [0.717, 1.165) is 0 Å². The molecule has 0 saturated carbocycles. The Balaban J connectivity index is 2.12. The minimum Gasteiger partial charge on any atom is -0.507 e. The molecule has 0 heterocycles.